The van der Waals surface area contributed by atoms with E-state index in [0.717, 1.165) is 22.3 Å². The Morgan fingerprint density at radius 2 is 1.82 bits per heavy atom. The van der Waals surface area contributed by atoms with Gasteiger partial charge in [0.25, 0.3) is 0 Å². The Kier molecular flexibility index (Phi) is 4.00. The van der Waals surface area contributed by atoms with Crippen molar-refractivity contribution in [3.63, 3.8) is 0 Å². The summed E-state index contributed by atoms with van der Waals surface area (Å²) in [6.07, 6.45) is 2.07. The van der Waals surface area contributed by atoms with Gasteiger partial charge in [-0.15, -0.1) is 0 Å². The Hall–Kier alpha value is -1.38. The van der Waals surface area contributed by atoms with Crippen LogP contribution < -0.4 is 0 Å². The number of allylic oxidation sites excluding steroid dienone is 2. The van der Waals surface area contributed by atoms with Crippen molar-refractivity contribution in [2.45, 2.75) is 24.1 Å². The number of fused-ring (bicyclic) bond motifs is 1. The predicted molar refractivity (Wildman–Crippen MR) is 95.0 cm³/mol. The molecule has 0 heterocycles. The molecule has 0 aliphatic heterocycles. The summed E-state index contributed by atoms with van der Waals surface area (Å²) < 4.78 is 0. The number of carbonyl (C=O) groups is 1. The summed E-state index contributed by atoms with van der Waals surface area (Å²) in [5.74, 6) is 0.0803. The lowest BCUT2D eigenvalue weighted by Gasteiger charge is -2.31. The summed E-state index contributed by atoms with van der Waals surface area (Å²) >= 11 is 9.75. The van der Waals surface area contributed by atoms with Crippen LogP contribution in [0.4, 0.5) is 0 Å². The van der Waals surface area contributed by atoms with Crippen molar-refractivity contribution < 1.29 is 4.79 Å². The third-order valence-electron chi connectivity index (χ3n) is 4.06. The number of benzene rings is 2. The van der Waals surface area contributed by atoms with Gasteiger partial charge in [0.2, 0.25) is 0 Å². The maximum absolute atomic E-state index is 12.9. The van der Waals surface area contributed by atoms with Crippen LogP contribution in [0.5, 0.6) is 0 Å². The van der Waals surface area contributed by atoms with Crippen LogP contribution >= 0.6 is 27.5 Å². The van der Waals surface area contributed by atoms with Gasteiger partial charge in [0.15, 0.2) is 5.78 Å². The minimum atomic E-state index is -0.176. The first kappa shape index (κ1) is 15.5. The van der Waals surface area contributed by atoms with E-state index < -0.39 is 0 Å². The summed E-state index contributed by atoms with van der Waals surface area (Å²) in [5, 5.41) is 0.672. The van der Waals surface area contributed by atoms with Gasteiger partial charge in [-0.1, -0.05) is 83.9 Å². The zero-order valence-electron chi connectivity index (χ0n) is 12.4. The first-order valence-electron chi connectivity index (χ1n) is 7.16. The summed E-state index contributed by atoms with van der Waals surface area (Å²) in [6.45, 7) is 4.27. The molecule has 0 amide bonds. The van der Waals surface area contributed by atoms with Crippen LogP contribution in [0, 0.1) is 0 Å². The molecule has 0 fully saturated rings. The van der Waals surface area contributed by atoms with Gasteiger partial charge in [-0.05, 0) is 23.3 Å². The van der Waals surface area contributed by atoms with Gasteiger partial charge in [0, 0.05) is 21.6 Å². The first-order chi connectivity index (χ1) is 10.4. The largest absolute Gasteiger partial charge is 0.289 e. The summed E-state index contributed by atoms with van der Waals surface area (Å²) in [4.78, 5) is 12.7. The van der Waals surface area contributed by atoms with Gasteiger partial charge in [0.1, 0.15) is 0 Å². The van der Waals surface area contributed by atoms with Gasteiger partial charge in [-0.2, -0.15) is 0 Å². The molecule has 112 valence electrons. The highest BCUT2D eigenvalue weighted by Crippen LogP contribution is 2.42. The number of rotatable bonds is 2. The smallest absolute Gasteiger partial charge is 0.190 e. The van der Waals surface area contributed by atoms with Crippen molar-refractivity contribution in [3.05, 3.63) is 81.9 Å². The molecule has 0 saturated heterocycles. The molecule has 1 nitrogen and oxygen atoms in total. The lowest BCUT2D eigenvalue weighted by atomic mass is 9.73. The van der Waals surface area contributed by atoms with Crippen molar-refractivity contribution >= 4 is 33.3 Å². The molecular formula is C19H16BrClO. The van der Waals surface area contributed by atoms with E-state index >= 15 is 0 Å². The van der Waals surface area contributed by atoms with Crippen LogP contribution in [-0.4, -0.2) is 5.78 Å². The summed E-state index contributed by atoms with van der Waals surface area (Å²) in [6, 6.07) is 15.4. The molecule has 3 heteroatoms. The van der Waals surface area contributed by atoms with E-state index in [1.165, 1.54) is 0 Å². The highest BCUT2D eigenvalue weighted by molar-refractivity contribution is 9.09. The number of hydrogen-bond donors (Lipinski definition) is 0. The second-order valence-corrected chi connectivity index (χ2v) is 7.47. The molecule has 0 N–H and O–H groups in total. The van der Waals surface area contributed by atoms with Crippen molar-refractivity contribution in [2.24, 2.45) is 0 Å². The quantitative estimate of drug-likeness (QED) is 0.599. The molecule has 0 radical (unpaired) electrons. The fraction of sp³-hybridized carbons (Fsp3) is 0.211. The zero-order chi connectivity index (χ0) is 15.9. The van der Waals surface area contributed by atoms with Crippen LogP contribution in [0.3, 0.4) is 0 Å². The molecule has 0 spiro atoms. The topological polar surface area (TPSA) is 17.1 Å². The molecule has 2 aromatic rings. The van der Waals surface area contributed by atoms with E-state index in [0.29, 0.717) is 5.02 Å². The minimum Gasteiger partial charge on any atom is -0.289 e. The zero-order valence-corrected chi connectivity index (χ0v) is 14.8. The monoisotopic (exact) mass is 374 g/mol. The normalized spacial score (nSPS) is 17.6. The van der Waals surface area contributed by atoms with E-state index in [1.54, 1.807) is 0 Å². The third kappa shape index (κ3) is 2.66. The fourth-order valence-corrected chi connectivity index (χ4v) is 3.79. The maximum atomic E-state index is 12.9. The van der Waals surface area contributed by atoms with Gasteiger partial charge in [-0.25, -0.2) is 0 Å². The van der Waals surface area contributed by atoms with Crippen molar-refractivity contribution in [3.8, 4) is 0 Å². The molecule has 1 atom stereocenters. The maximum Gasteiger partial charge on any atom is 0.190 e. The van der Waals surface area contributed by atoms with Crippen LogP contribution in [0.1, 0.15) is 40.2 Å². The molecular weight excluding hydrogens is 360 g/mol. The van der Waals surface area contributed by atoms with E-state index in [4.69, 9.17) is 11.6 Å². The van der Waals surface area contributed by atoms with Crippen LogP contribution in [0.2, 0.25) is 5.02 Å². The van der Waals surface area contributed by atoms with Gasteiger partial charge >= 0.3 is 0 Å². The third-order valence-corrected chi connectivity index (χ3v) is 5.32. The number of hydrogen-bond acceptors (Lipinski definition) is 1. The standard InChI is InChI=1S/C19H16BrClO/c1-19(2)11-15(17(20)12-6-5-7-13(21)10-12)18(22)14-8-3-4-9-16(14)19/h3-11,17H,1-2H3/t17-/m1/s1. The Morgan fingerprint density at radius 3 is 2.55 bits per heavy atom. The van der Waals surface area contributed by atoms with Gasteiger partial charge < -0.3 is 0 Å². The molecule has 0 aromatic heterocycles. The minimum absolute atomic E-state index is 0.0803. The van der Waals surface area contributed by atoms with Crippen molar-refractivity contribution in [2.75, 3.05) is 0 Å². The molecule has 1 aliphatic carbocycles. The lowest BCUT2D eigenvalue weighted by Crippen LogP contribution is -2.27. The van der Waals surface area contributed by atoms with Crippen LogP contribution in [0.25, 0.3) is 0 Å². The number of halogens is 2. The van der Waals surface area contributed by atoms with E-state index in [1.807, 2.05) is 48.5 Å². The molecule has 0 unspecified atom stereocenters. The van der Waals surface area contributed by atoms with Crippen LogP contribution in [-0.2, 0) is 5.41 Å². The van der Waals surface area contributed by atoms with E-state index in [9.17, 15) is 4.79 Å². The van der Waals surface area contributed by atoms with Crippen molar-refractivity contribution in [1.29, 1.82) is 0 Å². The van der Waals surface area contributed by atoms with Crippen molar-refractivity contribution in [1.82, 2.24) is 0 Å². The molecule has 22 heavy (non-hydrogen) atoms. The number of Topliss-reactive ketones (excluding diaryl/α,β-unsaturated/α-hetero) is 1. The Labute approximate surface area is 144 Å². The summed E-state index contributed by atoms with van der Waals surface area (Å²) in [7, 11) is 0. The van der Waals surface area contributed by atoms with E-state index in [2.05, 4.69) is 35.9 Å². The summed E-state index contributed by atoms with van der Waals surface area (Å²) in [5.41, 5.74) is 3.45. The lowest BCUT2D eigenvalue weighted by molar-refractivity contribution is 0.102. The number of alkyl halides is 1. The predicted octanol–water partition coefficient (Wildman–Crippen LogP) is 5.88. The second kappa shape index (κ2) is 5.68. The Balaban J connectivity index is 2.09. The fourth-order valence-electron chi connectivity index (χ4n) is 2.96. The SMILES string of the molecule is CC1(C)C=C([C@H](Br)c2cccc(Cl)c2)C(=O)c2ccccc21. The van der Waals surface area contributed by atoms with Crippen LogP contribution in [0.15, 0.2) is 60.2 Å². The molecule has 2 aromatic carbocycles. The van der Waals surface area contributed by atoms with E-state index in [-0.39, 0.29) is 16.0 Å². The van der Waals surface area contributed by atoms with Gasteiger partial charge in [0.05, 0.1) is 4.83 Å². The van der Waals surface area contributed by atoms with Gasteiger partial charge in [-0.3, -0.25) is 4.79 Å². The number of carbonyl (C=O) groups excluding carboxylic acids is 1. The highest BCUT2D eigenvalue weighted by Gasteiger charge is 2.34. The molecule has 0 saturated carbocycles. The Morgan fingerprint density at radius 1 is 1.09 bits per heavy atom. The average Bonchev–Trinajstić information content (AvgIpc) is 2.50. The first-order valence-corrected chi connectivity index (χ1v) is 8.46. The molecule has 3 rings (SSSR count). The second-order valence-electron chi connectivity index (χ2n) is 6.11. The Bertz CT molecular complexity index is 777. The molecule has 1 aliphatic rings. The number of ketones is 1. The molecule has 0 bridgehead atoms. The average molecular weight is 376 g/mol. The highest BCUT2D eigenvalue weighted by atomic mass is 79.9.